The highest BCUT2D eigenvalue weighted by atomic mass is 16.4. The van der Waals surface area contributed by atoms with Gasteiger partial charge in [0.1, 0.15) is 16.6 Å². The summed E-state index contributed by atoms with van der Waals surface area (Å²) < 4.78 is 18.0. The van der Waals surface area contributed by atoms with Gasteiger partial charge in [0.25, 0.3) is 17.7 Å². The SMILES string of the molecule is Cc1cccc2oc(-c3nc(-c4nc5c(C)cccc5o4)nc(-c4nc5c(C)cccc5o4)n3)nc12. The van der Waals surface area contributed by atoms with Crippen LogP contribution in [0.1, 0.15) is 16.7 Å². The first-order valence-corrected chi connectivity index (χ1v) is 11.4. The maximum absolute atomic E-state index is 6.01. The molecule has 3 aromatic carbocycles. The molecule has 9 nitrogen and oxygen atoms in total. The van der Waals surface area contributed by atoms with Crippen molar-refractivity contribution in [1.29, 1.82) is 0 Å². The molecule has 36 heavy (non-hydrogen) atoms. The molecule has 0 aliphatic heterocycles. The molecule has 7 rings (SSSR count). The Labute approximate surface area is 203 Å². The minimum atomic E-state index is 0.226. The Morgan fingerprint density at radius 1 is 0.417 bits per heavy atom. The number of fused-ring (bicyclic) bond motifs is 3. The van der Waals surface area contributed by atoms with Crippen LogP contribution in [0.4, 0.5) is 0 Å². The standard InChI is InChI=1S/C27H18N6O3/c1-13-7-4-10-16-19(13)28-25(34-16)22-31-23(26-29-20-14(2)8-5-11-17(20)35-26)33-24(32-22)27-30-21-15(3)9-6-12-18(21)36-27/h4-12H,1-3H3. The lowest BCUT2D eigenvalue weighted by atomic mass is 10.2. The van der Waals surface area contributed by atoms with Crippen LogP contribution in [0, 0.1) is 20.8 Å². The lowest BCUT2D eigenvalue weighted by Crippen LogP contribution is -2.00. The van der Waals surface area contributed by atoms with Gasteiger partial charge in [0.05, 0.1) is 0 Å². The lowest BCUT2D eigenvalue weighted by Gasteiger charge is -2.01. The fourth-order valence-corrected chi connectivity index (χ4v) is 4.21. The van der Waals surface area contributed by atoms with Crippen molar-refractivity contribution < 1.29 is 13.3 Å². The molecule has 0 bridgehead atoms. The summed E-state index contributed by atoms with van der Waals surface area (Å²) >= 11 is 0. The summed E-state index contributed by atoms with van der Waals surface area (Å²) in [7, 11) is 0. The summed E-state index contributed by atoms with van der Waals surface area (Å²) in [6.45, 7) is 5.92. The van der Waals surface area contributed by atoms with Gasteiger partial charge in [0.2, 0.25) is 17.5 Å². The van der Waals surface area contributed by atoms with Gasteiger partial charge < -0.3 is 13.3 Å². The number of hydrogen-bond acceptors (Lipinski definition) is 9. The largest absolute Gasteiger partial charge is 0.434 e. The topological polar surface area (TPSA) is 117 Å². The quantitative estimate of drug-likeness (QED) is 0.294. The van der Waals surface area contributed by atoms with Crippen molar-refractivity contribution in [2.24, 2.45) is 0 Å². The zero-order chi connectivity index (χ0) is 24.4. The summed E-state index contributed by atoms with van der Waals surface area (Å²) in [6, 6.07) is 17.2. The van der Waals surface area contributed by atoms with Crippen LogP contribution < -0.4 is 0 Å². The van der Waals surface area contributed by atoms with Crippen LogP contribution >= 0.6 is 0 Å². The number of benzene rings is 3. The third kappa shape index (κ3) is 3.17. The molecule has 0 radical (unpaired) electrons. The minimum Gasteiger partial charge on any atom is -0.434 e. The number of nitrogens with zero attached hydrogens (tertiary/aromatic N) is 6. The Kier molecular flexibility index (Phi) is 4.28. The smallest absolute Gasteiger partial charge is 0.266 e. The highest BCUT2D eigenvalue weighted by Crippen LogP contribution is 2.30. The molecule has 0 amide bonds. The van der Waals surface area contributed by atoms with Gasteiger partial charge in [-0.2, -0.15) is 15.0 Å². The molecule has 7 aromatic rings. The van der Waals surface area contributed by atoms with E-state index in [1.54, 1.807) is 0 Å². The van der Waals surface area contributed by atoms with Crippen LogP contribution in [0.15, 0.2) is 67.8 Å². The molecule has 0 saturated carbocycles. The molecule has 0 N–H and O–H groups in total. The van der Waals surface area contributed by atoms with Crippen molar-refractivity contribution in [2.45, 2.75) is 20.8 Å². The van der Waals surface area contributed by atoms with Crippen molar-refractivity contribution in [2.75, 3.05) is 0 Å². The van der Waals surface area contributed by atoms with E-state index in [0.717, 1.165) is 33.2 Å². The van der Waals surface area contributed by atoms with Gasteiger partial charge in [-0.1, -0.05) is 36.4 Å². The second-order valence-corrected chi connectivity index (χ2v) is 8.63. The average Bonchev–Trinajstić information content (AvgIpc) is 3.61. The van der Waals surface area contributed by atoms with Gasteiger partial charge in [-0.25, -0.2) is 15.0 Å². The molecule has 0 fully saturated rings. The highest BCUT2D eigenvalue weighted by Gasteiger charge is 2.22. The Morgan fingerprint density at radius 2 is 0.722 bits per heavy atom. The van der Waals surface area contributed by atoms with Gasteiger partial charge >= 0.3 is 0 Å². The Hall–Kier alpha value is -4.92. The van der Waals surface area contributed by atoms with Crippen LogP contribution in [0.5, 0.6) is 0 Å². The summed E-state index contributed by atoms with van der Waals surface area (Å²) in [4.78, 5) is 27.8. The Balaban J connectivity index is 1.47. The van der Waals surface area contributed by atoms with E-state index in [0.29, 0.717) is 16.7 Å². The summed E-state index contributed by atoms with van der Waals surface area (Å²) in [5.74, 6) is 1.44. The van der Waals surface area contributed by atoms with Crippen molar-refractivity contribution in [3.63, 3.8) is 0 Å². The lowest BCUT2D eigenvalue weighted by molar-refractivity contribution is 0.597. The molecule has 0 aliphatic carbocycles. The molecular weight excluding hydrogens is 456 g/mol. The van der Waals surface area contributed by atoms with Crippen LogP contribution in [-0.4, -0.2) is 29.9 Å². The third-order valence-corrected chi connectivity index (χ3v) is 6.07. The molecule has 174 valence electrons. The molecule has 0 unspecified atom stereocenters. The molecule has 0 atom stereocenters. The molecule has 9 heteroatoms. The zero-order valence-corrected chi connectivity index (χ0v) is 19.6. The monoisotopic (exact) mass is 474 g/mol. The van der Waals surface area contributed by atoms with Crippen molar-refractivity contribution in [1.82, 2.24) is 29.9 Å². The molecule has 4 heterocycles. The van der Waals surface area contributed by atoms with Crippen LogP contribution in [0.2, 0.25) is 0 Å². The van der Waals surface area contributed by atoms with Crippen LogP contribution in [0.3, 0.4) is 0 Å². The third-order valence-electron chi connectivity index (χ3n) is 6.07. The molecule has 0 spiro atoms. The second-order valence-electron chi connectivity index (χ2n) is 8.63. The average molecular weight is 474 g/mol. The predicted molar refractivity (Wildman–Crippen MR) is 133 cm³/mol. The minimum absolute atomic E-state index is 0.226. The normalized spacial score (nSPS) is 11.8. The van der Waals surface area contributed by atoms with E-state index in [4.69, 9.17) is 13.3 Å². The van der Waals surface area contributed by atoms with Crippen molar-refractivity contribution >= 4 is 33.3 Å². The van der Waals surface area contributed by atoms with E-state index in [9.17, 15) is 0 Å². The maximum atomic E-state index is 6.01. The first-order valence-electron chi connectivity index (χ1n) is 11.4. The van der Waals surface area contributed by atoms with E-state index in [-0.39, 0.29) is 35.1 Å². The molecule has 4 aromatic heterocycles. The van der Waals surface area contributed by atoms with Gasteiger partial charge in [-0.05, 0) is 55.7 Å². The highest BCUT2D eigenvalue weighted by molar-refractivity contribution is 5.81. The van der Waals surface area contributed by atoms with Gasteiger partial charge in [-0.15, -0.1) is 0 Å². The second kappa shape index (κ2) is 7.54. The van der Waals surface area contributed by atoms with Crippen LogP contribution in [0.25, 0.3) is 68.4 Å². The zero-order valence-electron chi connectivity index (χ0n) is 19.6. The summed E-state index contributed by atoms with van der Waals surface area (Å²) in [5, 5.41) is 0. The van der Waals surface area contributed by atoms with Gasteiger partial charge in [0.15, 0.2) is 16.7 Å². The summed E-state index contributed by atoms with van der Waals surface area (Å²) in [5.41, 5.74) is 7.11. The first-order chi connectivity index (χ1) is 17.5. The van der Waals surface area contributed by atoms with Gasteiger partial charge in [-0.3, -0.25) is 0 Å². The number of rotatable bonds is 3. The fraction of sp³-hybridized carbons (Fsp3) is 0.111. The van der Waals surface area contributed by atoms with Crippen LogP contribution in [-0.2, 0) is 0 Å². The number of oxazole rings is 3. The van der Waals surface area contributed by atoms with E-state index in [2.05, 4.69) is 29.9 Å². The molecule has 0 saturated heterocycles. The van der Waals surface area contributed by atoms with E-state index in [1.165, 1.54) is 0 Å². The fourth-order valence-electron chi connectivity index (χ4n) is 4.21. The number of aromatic nitrogens is 6. The number of para-hydroxylation sites is 3. The first kappa shape index (κ1) is 20.5. The molecular formula is C27H18N6O3. The predicted octanol–water partition coefficient (Wildman–Crippen LogP) is 6.22. The van der Waals surface area contributed by atoms with E-state index in [1.807, 2.05) is 75.4 Å². The van der Waals surface area contributed by atoms with Crippen molar-refractivity contribution in [3.05, 3.63) is 71.3 Å². The van der Waals surface area contributed by atoms with E-state index >= 15 is 0 Å². The Bertz CT molecular complexity index is 1710. The maximum Gasteiger partial charge on any atom is 0.266 e. The van der Waals surface area contributed by atoms with Gasteiger partial charge in [0, 0.05) is 0 Å². The molecule has 0 aliphatic rings. The Morgan fingerprint density at radius 3 is 1.00 bits per heavy atom. The summed E-state index contributed by atoms with van der Waals surface area (Å²) in [6.07, 6.45) is 0. The van der Waals surface area contributed by atoms with Crippen molar-refractivity contribution in [3.8, 4) is 35.1 Å². The van der Waals surface area contributed by atoms with E-state index < -0.39 is 0 Å². The number of hydrogen-bond donors (Lipinski definition) is 0. The number of aryl methyl sites for hydroxylation is 3.